The summed E-state index contributed by atoms with van der Waals surface area (Å²) >= 11 is 0. The van der Waals surface area contributed by atoms with Gasteiger partial charge in [-0.3, -0.25) is 9.59 Å². The van der Waals surface area contributed by atoms with Crippen LogP contribution >= 0.6 is 0 Å². The summed E-state index contributed by atoms with van der Waals surface area (Å²) in [6, 6.07) is 7.98. The average molecular weight is 306 g/mol. The van der Waals surface area contributed by atoms with Gasteiger partial charge in [0.05, 0.1) is 0 Å². The van der Waals surface area contributed by atoms with Gasteiger partial charge in [-0.2, -0.15) is 0 Å². The van der Waals surface area contributed by atoms with Crippen LogP contribution in [0.4, 0.5) is 0 Å². The zero-order valence-corrected chi connectivity index (χ0v) is 12.7. The summed E-state index contributed by atoms with van der Waals surface area (Å²) in [6.45, 7) is 2.23. The first-order valence-electron chi connectivity index (χ1n) is 7.40. The predicted molar refractivity (Wildman–Crippen MR) is 82.5 cm³/mol. The highest BCUT2D eigenvalue weighted by Gasteiger charge is 2.18. The van der Waals surface area contributed by atoms with Crippen LogP contribution in [0.15, 0.2) is 30.3 Å². The summed E-state index contributed by atoms with van der Waals surface area (Å²) < 4.78 is 0. The Labute approximate surface area is 129 Å². The molecule has 0 aliphatic carbocycles. The second-order valence-corrected chi connectivity index (χ2v) is 4.97. The van der Waals surface area contributed by atoms with E-state index in [4.69, 9.17) is 5.11 Å². The van der Waals surface area contributed by atoms with Gasteiger partial charge < -0.3 is 15.7 Å². The maximum absolute atomic E-state index is 11.8. The topological polar surface area (TPSA) is 95.5 Å². The van der Waals surface area contributed by atoms with Crippen molar-refractivity contribution in [2.24, 2.45) is 0 Å². The normalized spacial score (nSPS) is 11.5. The number of carboxylic acids is 1. The number of rotatable bonds is 9. The third kappa shape index (κ3) is 6.39. The van der Waals surface area contributed by atoms with Gasteiger partial charge in [-0.1, -0.05) is 31.5 Å². The summed E-state index contributed by atoms with van der Waals surface area (Å²) in [5.74, 6) is -1.52. The van der Waals surface area contributed by atoms with Crippen LogP contribution in [-0.2, 0) is 9.59 Å². The third-order valence-electron chi connectivity index (χ3n) is 3.11. The van der Waals surface area contributed by atoms with Crippen LogP contribution in [0.2, 0.25) is 0 Å². The number of hydrogen-bond donors (Lipinski definition) is 3. The molecule has 2 amide bonds. The average Bonchev–Trinajstić information content (AvgIpc) is 2.51. The molecule has 0 saturated carbocycles. The number of carbonyl (C=O) groups is 3. The lowest BCUT2D eigenvalue weighted by molar-refractivity contribution is -0.142. The molecule has 22 heavy (non-hydrogen) atoms. The molecule has 1 aromatic carbocycles. The largest absolute Gasteiger partial charge is 0.480 e. The molecule has 0 spiro atoms. The van der Waals surface area contributed by atoms with E-state index in [2.05, 4.69) is 10.6 Å². The molecule has 1 unspecified atom stereocenters. The van der Waals surface area contributed by atoms with Crippen LogP contribution in [0.3, 0.4) is 0 Å². The molecular formula is C16H22N2O4. The predicted octanol–water partition coefficient (Wildman–Crippen LogP) is 1.57. The maximum Gasteiger partial charge on any atom is 0.326 e. The maximum atomic E-state index is 11.8. The number of aliphatic carboxylic acids is 1. The highest BCUT2D eigenvalue weighted by Crippen LogP contribution is 2.00. The Balaban J connectivity index is 2.25. The van der Waals surface area contributed by atoms with Crippen LogP contribution in [0.1, 0.15) is 43.0 Å². The second-order valence-electron chi connectivity index (χ2n) is 4.97. The molecule has 0 fully saturated rings. The molecule has 0 aliphatic heterocycles. The molecule has 3 N–H and O–H groups in total. The first kappa shape index (κ1) is 17.7. The molecule has 0 saturated heterocycles. The van der Waals surface area contributed by atoms with E-state index < -0.39 is 12.0 Å². The summed E-state index contributed by atoms with van der Waals surface area (Å²) in [5.41, 5.74) is 0.570. The van der Waals surface area contributed by atoms with Crippen molar-refractivity contribution in [1.82, 2.24) is 10.6 Å². The number of amides is 2. The van der Waals surface area contributed by atoms with Crippen molar-refractivity contribution >= 4 is 17.8 Å². The van der Waals surface area contributed by atoms with Crippen molar-refractivity contribution in [3.05, 3.63) is 35.9 Å². The minimum atomic E-state index is -1.02. The number of benzene rings is 1. The van der Waals surface area contributed by atoms with Crippen molar-refractivity contribution in [2.75, 3.05) is 6.54 Å². The molecular weight excluding hydrogens is 284 g/mol. The SMILES string of the molecule is CCCC(NC(=O)CCCNC(=O)c1ccccc1)C(=O)O. The number of hydrogen-bond acceptors (Lipinski definition) is 3. The standard InChI is InChI=1S/C16H22N2O4/c1-2-7-13(16(21)22)18-14(19)10-6-11-17-15(20)12-8-4-3-5-9-12/h3-5,8-9,13H,2,6-7,10-11H2,1H3,(H,17,20)(H,18,19)(H,21,22). The van der Waals surface area contributed by atoms with E-state index in [-0.39, 0.29) is 18.2 Å². The minimum Gasteiger partial charge on any atom is -0.480 e. The van der Waals surface area contributed by atoms with Crippen molar-refractivity contribution < 1.29 is 19.5 Å². The van der Waals surface area contributed by atoms with Gasteiger partial charge in [-0.05, 0) is 25.0 Å². The fraction of sp³-hybridized carbons (Fsp3) is 0.438. The van der Waals surface area contributed by atoms with Crippen molar-refractivity contribution in [2.45, 2.75) is 38.6 Å². The molecule has 6 heteroatoms. The Morgan fingerprint density at radius 3 is 2.45 bits per heavy atom. The smallest absolute Gasteiger partial charge is 0.326 e. The summed E-state index contributed by atoms with van der Waals surface area (Å²) in [4.78, 5) is 34.3. The number of carboxylic acid groups (broad SMARTS) is 1. The summed E-state index contributed by atoms with van der Waals surface area (Å²) in [7, 11) is 0. The van der Waals surface area contributed by atoms with E-state index in [0.29, 0.717) is 31.4 Å². The zero-order chi connectivity index (χ0) is 16.4. The Morgan fingerprint density at radius 2 is 1.86 bits per heavy atom. The monoisotopic (exact) mass is 306 g/mol. The third-order valence-corrected chi connectivity index (χ3v) is 3.11. The number of nitrogens with one attached hydrogen (secondary N) is 2. The van der Waals surface area contributed by atoms with Crippen LogP contribution in [-0.4, -0.2) is 35.5 Å². The second kappa shape index (κ2) is 9.55. The highest BCUT2D eigenvalue weighted by atomic mass is 16.4. The molecule has 120 valence electrons. The lowest BCUT2D eigenvalue weighted by Gasteiger charge is -2.13. The Morgan fingerprint density at radius 1 is 1.18 bits per heavy atom. The summed E-state index contributed by atoms with van der Waals surface area (Å²) in [5, 5.41) is 14.2. The first-order chi connectivity index (χ1) is 10.5. The molecule has 0 aliphatic rings. The molecule has 1 aromatic rings. The molecule has 1 rings (SSSR count). The van der Waals surface area contributed by atoms with E-state index in [9.17, 15) is 14.4 Å². The molecule has 0 bridgehead atoms. The van der Waals surface area contributed by atoms with Gasteiger partial charge >= 0.3 is 5.97 Å². The zero-order valence-electron chi connectivity index (χ0n) is 12.7. The van der Waals surface area contributed by atoms with Crippen molar-refractivity contribution in [3.8, 4) is 0 Å². The van der Waals surface area contributed by atoms with E-state index in [1.807, 2.05) is 13.0 Å². The van der Waals surface area contributed by atoms with Gasteiger partial charge in [0.25, 0.3) is 5.91 Å². The van der Waals surface area contributed by atoms with E-state index >= 15 is 0 Å². The number of carbonyl (C=O) groups excluding carboxylic acids is 2. The van der Waals surface area contributed by atoms with Crippen LogP contribution in [0, 0.1) is 0 Å². The lowest BCUT2D eigenvalue weighted by atomic mass is 10.1. The Kier molecular flexibility index (Phi) is 7.67. The van der Waals surface area contributed by atoms with E-state index in [1.165, 1.54) is 0 Å². The fourth-order valence-electron chi connectivity index (χ4n) is 1.96. The molecule has 0 heterocycles. The minimum absolute atomic E-state index is 0.183. The highest BCUT2D eigenvalue weighted by molar-refractivity contribution is 5.94. The van der Waals surface area contributed by atoms with Gasteiger partial charge in [0, 0.05) is 18.5 Å². The molecule has 0 radical (unpaired) electrons. The first-order valence-corrected chi connectivity index (χ1v) is 7.40. The van der Waals surface area contributed by atoms with Crippen molar-refractivity contribution in [1.29, 1.82) is 0 Å². The fourth-order valence-corrected chi connectivity index (χ4v) is 1.96. The molecule has 1 atom stereocenters. The van der Waals surface area contributed by atoms with Crippen molar-refractivity contribution in [3.63, 3.8) is 0 Å². The molecule has 0 aromatic heterocycles. The Bertz CT molecular complexity index is 502. The van der Waals surface area contributed by atoms with Gasteiger partial charge in [-0.15, -0.1) is 0 Å². The Hall–Kier alpha value is -2.37. The van der Waals surface area contributed by atoms with Crippen LogP contribution in [0.5, 0.6) is 0 Å². The van der Waals surface area contributed by atoms with Gasteiger partial charge in [0.15, 0.2) is 0 Å². The van der Waals surface area contributed by atoms with Crippen LogP contribution in [0.25, 0.3) is 0 Å². The van der Waals surface area contributed by atoms with Gasteiger partial charge in [0.1, 0.15) is 6.04 Å². The quantitative estimate of drug-likeness (QED) is 0.603. The van der Waals surface area contributed by atoms with Gasteiger partial charge in [0.2, 0.25) is 5.91 Å². The summed E-state index contributed by atoms with van der Waals surface area (Å²) in [6.07, 6.45) is 1.74. The van der Waals surface area contributed by atoms with E-state index in [1.54, 1.807) is 24.3 Å². The molecule has 6 nitrogen and oxygen atoms in total. The van der Waals surface area contributed by atoms with Crippen LogP contribution < -0.4 is 10.6 Å². The van der Waals surface area contributed by atoms with E-state index in [0.717, 1.165) is 0 Å². The van der Waals surface area contributed by atoms with Gasteiger partial charge in [-0.25, -0.2) is 4.79 Å². The lowest BCUT2D eigenvalue weighted by Crippen LogP contribution is -2.40.